The van der Waals surface area contributed by atoms with Crippen molar-refractivity contribution in [1.29, 1.82) is 0 Å². The highest BCUT2D eigenvalue weighted by molar-refractivity contribution is 5.83. The van der Waals surface area contributed by atoms with Gasteiger partial charge in [0, 0.05) is 5.56 Å². The van der Waals surface area contributed by atoms with Gasteiger partial charge in [-0.3, -0.25) is 5.43 Å². The number of anilines is 1. The first-order valence-corrected chi connectivity index (χ1v) is 6.83. The molecule has 22 heavy (non-hydrogen) atoms. The molecule has 0 spiro atoms. The van der Waals surface area contributed by atoms with Crippen molar-refractivity contribution in [2.45, 2.75) is 6.92 Å². The molecule has 5 heteroatoms. The Labute approximate surface area is 130 Å². The summed E-state index contributed by atoms with van der Waals surface area (Å²) >= 11 is 0. The molecule has 0 radical (unpaired) electrons. The number of hydrazone groups is 1. The van der Waals surface area contributed by atoms with Gasteiger partial charge in [0.15, 0.2) is 11.5 Å². The van der Waals surface area contributed by atoms with Gasteiger partial charge in [-0.15, -0.1) is 0 Å². The fraction of sp³-hybridized carbons (Fsp3) is 0.235. The Hall–Kier alpha value is -2.69. The van der Waals surface area contributed by atoms with E-state index in [0.29, 0.717) is 17.2 Å². The van der Waals surface area contributed by atoms with Crippen molar-refractivity contribution in [1.82, 2.24) is 0 Å². The van der Waals surface area contributed by atoms with Gasteiger partial charge in [0.1, 0.15) is 0 Å². The van der Waals surface area contributed by atoms with E-state index in [0.717, 1.165) is 11.3 Å². The average molecular weight is 300 g/mol. The zero-order valence-corrected chi connectivity index (χ0v) is 13.2. The molecule has 0 fully saturated rings. The number of methoxy groups -OCH3 is 3. The fourth-order valence-electron chi connectivity index (χ4n) is 2.07. The van der Waals surface area contributed by atoms with Crippen molar-refractivity contribution < 1.29 is 14.2 Å². The molecule has 0 aliphatic rings. The summed E-state index contributed by atoms with van der Waals surface area (Å²) in [6.45, 7) is 2.04. The average Bonchev–Trinajstić information content (AvgIpc) is 2.53. The van der Waals surface area contributed by atoms with Gasteiger partial charge >= 0.3 is 0 Å². The standard InChI is InChI=1S/C17H20N2O3/c1-12-6-5-7-14(8-12)19-18-11-13-9-15(20-2)17(22-4)16(10-13)21-3/h5-11,19H,1-4H3/b18-11-. The van der Waals surface area contributed by atoms with Crippen LogP contribution in [0.4, 0.5) is 5.69 Å². The lowest BCUT2D eigenvalue weighted by Crippen LogP contribution is -1.97. The smallest absolute Gasteiger partial charge is 0.203 e. The van der Waals surface area contributed by atoms with Gasteiger partial charge in [-0.1, -0.05) is 12.1 Å². The second-order valence-electron chi connectivity index (χ2n) is 4.70. The molecule has 0 heterocycles. The predicted molar refractivity (Wildman–Crippen MR) is 88.5 cm³/mol. The minimum Gasteiger partial charge on any atom is -0.493 e. The van der Waals surface area contributed by atoms with Crippen LogP contribution in [-0.2, 0) is 0 Å². The van der Waals surface area contributed by atoms with E-state index in [-0.39, 0.29) is 0 Å². The van der Waals surface area contributed by atoms with Gasteiger partial charge in [0.2, 0.25) is 5.75 Å². The highest BCUT2D eigenvalue weighted by Crippen LogP contribution is 2.37. The summed E-state index contributed by atoms with van der Waals surface area (Å²) in [4.78, 5) is 0. The lowest BCUT2D eigenvalue weighted by atomic mass is 10.2. The molecule has 0 unspecified atom stereocenters. The summed E-state index contributed by atoms with van der Waals surface area (Å²) in [5, 5.41) is 4.23. The van der Waals surface area contributed by atoms with Crippen LogP contribution in [0.5, 0.6) is 17.2 Å². The van der Waals surface area contributed by atoms with Crippen LogP contribution in [-0.4, -0.2) is 27.5 Å². The van der Waals surface area contributed by atoms with Gasteiger partial charge in [-0.2, -0.15) is 5.10 Å². The SMILES string of the molecule is COc1cc(/C=N\Nc2cccc(C)c2)cc(OC)c1OC. The number of rotatable bonds is 6. The van der Waals surface area contributed by atoms with Crippen LogP contribution in [0.1, 0.15) is 11.1 Å². The maximum atomic E-state index is 5.31. The zero-order chi connectivity index (χ0) is 15.9. The van der Waals surface area contributed by atoms with E-state index in [1.165, 1.54) is 5.56 Å². The van der Waals surface area contributed by atoms with E-state index in [1.54, 1.807) is 27.5 Å². The monoisotopic (exact) mass is 300 g/mol. The first-order chi connectivity index (χ1) is 10.7. The molecule has 0 amide bonds. The number of hydrogen-bond donors (Lipinski definition) is 1. The van der Waals surface area contributed by atoms with Gasteiger partial charge in [-0.05, 0) is 36.8 Å². The molecule has 0 aromatic heterocycles. The Morgan fingerprint density at radius 3 is 2.18 bits per heavy atom. The third-order valence-corrected chi connectivity index (χ3v) is 3.11. The van der Waals surface area contributed by atoms with Crippen LogP contribution in [0, 0.1) is 6.92 Å². The molecule has 0 bridgehead atoms. The molecule has 0 aliphatic carbocycles. The van der Waals surface area contributed by atoms with Crippen molar-refractivity contribution in [3.8, 4) is 17.2 Å². The Bertz CT molecular complexity index is 644. The van der Waals surface area contributed by atoms with Crippen LogP contribution in [0.15, 0.2) is 41.5 Å². The van der Waals surface area contributed by atoms with Crippen LogP contribution in [0.2, 0.25) is 0 Å². The van der Waals surface area contributed by atoms with Crippen LogP contribution < -0.4 is 19.6 Å². The molecular weight excluding hydrogens is 280 g/mol. The molecule has 2 aromatic carbocycles. The second kappa shape index (κ2) is 7.36. The first-order valence-electron chi connectivity index (χ1n) is 6.83. The summed E-state index contributed by atoms with van der Waals surface area (Å²) in [5.74, 6) is 1.76. The molecule has 0 saturated heterocycles. The van der Waals surface area contributed by atoms with E-state index >= 15 is 0 Å². The van der Waals surface area contributed by atoms with Crippen molar-refractivity contribution in [3.05, 3.63) is 47.5 Å². The first kappa shape index (κ1) is 15.7. The maximum absolute atomic E-state index is 5.31. The zero-order valence-electron chi connectivity index (χ0n) is 13.2. The summed E-state index contributed by atoms with van der Waals surface area (Å²) < 4.78 is 15.9. The predicted octanol–water partition coefficient (Wildman–Crippen LogP) is 3.47. The molecule has 5 nitrogen and oxygen atoms in total. The number of ether oxygens (including phenoxy) is 3. The van der Waals surface area contributed by atoms with Crippen molar-refractivity contribution >= 4 is 11.9 Å². The van der Waals surface area contributed by atoms with Crippen LogP contribution in [0.25, 0.3) is 0 Å². The van der Waals surface area contributed by atoms with Crippen LogP contribution >= 0.6 is 0 Å². The highest BCUT2D eigenvalue weighted by Gasteiger charge is 2.12. The summed E-state index contributed by atoms with van der Waals surface area (Å²) in [5.41, 5.74) is 5.94. The third-order valence-electron chi connectivity index (χ3n) is 3.11. The largest absolute Gasteiger partial charge is 0.493 e. The van der Waals surface area contributed by atoms with Gasteiger partial charge < -0.3 is 14.2 Å². The summed E-state index contributed by atoms with van der Waals surface area (Å²) in [6.07, 6.45) is 1.70. The van der Waals surface area contributed by atoms with Gasteiger partial charge in [0.25, 0.3) is 0 Å². The number of nitrogens with one attached hydrogen (secondary N) is 1. The van der Waals surface area contributed by atoms with Gasteiger partial charge in [-0.25, -0.2) is 0 Å². The minimum absolute atomic E-state index is 0.564. The fourth-order valence-corrected chi connectivity index (χ4v) is 2.07. The maximum Gasteiger partial charge on any atom is 0.203 e. The number of hydrogen-bond acceptors (Lipinski definition) is 5. The van der Waals surface area contributed by atoms with E-state index in [2.05, 4.69) is 10.5 Å². The van der Waals surface area contributed by atoms with Crippen molar-refractivity contribution in [2.75, 3.05) is 26.8 Å². The number of nitrogens with zero attached hydrogens (tertiary/aromatic N) is 1. The third kappa shape index (κ3) is 3.69. The normalized spacial score (nSPS) is 10.5. The lowest BCUT2D eigenvalue weighted by molar-refractivity contribution is 0.324. The Kier molecular flexibility index (Phi) is 5.25. The highest BCUT2D eigenvalue weighted by atomic mass is 16.5. The van der Waals surface area contributed by atoms with Crippen molar-refractivity contribution in [2.24, 2.45) is 5.10 Å². The van der Waals surface area contributed by atoms with E-state index < -0.39 is 0 Å². The molecule has 0 saturated carbocycles. The molecule has 2 aromatic rings. The topological polar surface area (TPSA) is 52.1 Å². The number of benzene rings is 2. The molecule has 0 aliphatic heterocycles. The molecule has 1 N–H and O–H groups in total. The molecule has 0 atom stereocenters. The van der Waals surface area contributed by atoms with E-state index in [4.69, 9.17) is 14.2 Å². The van der Waals surface area contributed by atoms with E-state index in [1.807, 2.05) is 43.3 Å². The molecular formula is C17H20N2O3. The summed E-state index contributed by atoms with van der Waals surface area (Å²) in [7, 11) is 4.75. The Morgan fingerprint density at radius 2 is 1.64 bits per heavy atom. The Balaban J connectivity index is 2.20. The molecule has 116 valence electrons. The van der Waals surface area contributed by atoms with E-state index in [9.17, 15) is 0 Å². The van der Waals surface area contributed by atoms with Crippen LogP contribution in [0.3, 0.4) is 0 Å². The second-order valence-corrected chi connectivity index (χ2v) is 4.70. The summed E-state index contributed by atoms with van der Waals surface area (Å²) in [6, 6.07) is 11.7. The number of aryl methyl sites for hydroxylation is 1. The van der Waals surface area contributed by atoms with Gasteiger partial charge in [0.05, 0.1) is 33.2 Å². The molecule has 2 rings (SSSR count). The quantitative estimate of drug-likeness (QED) is 0.655. The Morgan fingerprint density at radius 1 is 0.955 bits per heavy atom. The van der Waals surface area contributed by atoms with Crippen molar-refractivity contribution in [3.63, 3.8) is 0 Å². The minimum atomic E-state index is 0.564. The lowest BCUT2D eigenvalue weighted by Gasteiger charge is -2.12.